The van der Waals surface area contributed by atoms with E-state index < -0.39 is 12.2 Å². The lowest BCUT2D eigenvalue weighted by molar-refractivity contribution is -0.122. The van der Waals surface area contributed by atoms with Crippen LogP contribution >= 0.6 is 0 Å². The summed E-state index contributed by atoms with van der Waals surface area (Å²) < 4.78 is 13.7. The van der Waals surface area contributed by atoms with Gasteiger partial charge in [-0.15, -0.1) is 0 Å². The zero-order valence-electron chi connectivity index (χ0n) is 29.2. The van der Waals surface area contributed by atoms with Gasteiger partial charge in [0.15, 0.2) is 11.9 Å². The summed E-state index contributed by atoms with van der Waals surface area (Å²) in [5, 5.41) is 6.31. The number of nitrogens with one attached hydrogen (secondary N) is 2. The highest BCUT2D eigenvalue weighted by molar-refractivity contribution is 5.95. The lowest BCUT2D eigenvalue weighted by Gasteiger charge is -2.34. The molecule has 0 spiro atoms. The summed E-state index contributed by atoms with van der Waals surface area (Å²) >= 11 is 0. The second-order valence-corrected chi connectivity index (χ2v) is 13.1. The van der Waals surface area contributed by atoms with Gasteiger partial charge in [-0.2, -0.15) is 0 Å². The van der Waals surface area contributed by atoms with E-state index in [1.165, 1.54) is 6.42 Å². The molecule has 5 rings (SSSR count). The SMILES string of the molecule is [C-]#[N+]c1c(CC2C(C)CCCC2C)c2nc(-c3cccc(NC(=O)C(CC)Oc4ccc(C)cc4C)c3)[nH]n2c1OC(=O)N(CC)CC. The summed E-state index contributed by atoms with van der Waals surface area (Å²) in [5.41, 5.74) is 5.13. The van der Waals surface area contributed by atoms with Gasteiger partial charge >= 0.3 is 6.09 Å². The third-order valence-corrected chi connectivity index (χ3v) is 9.81. The molecule has 1 saturated carbocycles. The molecule has 4 aromatic rings. The van der Waals surface area contributed by atoms with E-state index in [0.29, 0.717) is 72.3 Å². The number of fused-ring (bicyclic) bond motifs is 1. The molecule has 2 aromatic carbocycles. The van der Waals surface area contributed by atoms with Crippen LogP contribution in [0, 0.1) is 38.2 Å². The van der Waals surface area contributed by atoms with Crippen molar-refractivity contribution < 1.29 is 19.1 Å². The quantitative estimate of drug-likeness (QED) is 0.158. The number of aromatic amines is 1. The van der Waals surface area contributed by atoms with E-state index in [1.54, 1.807) is 9.42 Å². The number of carbonyl (C=O) groups is 2. The van der Waals surface area contributed by atoms with Crippen molar-refractivity contribution in [1.29, 1.82) is 0 Å². The number of hydrogen-bond acceptors (Lipinski definition) is 5. The van der Waals surface area contributed by atoms with E-state index >= 15 is 0 Å². The van der Waals surface area contributed by atoms with E-state index in [0.717, 1.165) is 35.1 Å². The summed E-state index contributed by atoms with van der Waals surface area (Å²) in [5.74, 6) is 2.53. The molecule has 10 heteroatoms. The van der Waals surface area contributed by atoms with Crippen LogP contribution in [0.1, 0.15) is 77.0 Å². The number of ether oxygens (including phenoxy) is 2. The number of anilines is 1. The molecule has 1 aliphatic rings. The van der Waals surface area contributed by atoms with E-state index in [1.807, 2.05) is 77.1 Å². The summed E-state index contributed by atoms with van der Waals surface area (Å²) in [4.78, 5) is 36.9. The Kier molecular flexibility index (Phi) is 10.8. The van der Waals surface area contributed by atoms with E-state index in [9.17, 15) is 9.59 Å². The molecule has 2 heterocycles. The topological polar surface area (TPSA) is 105 Å². The van der Waals surface area contributed by atoms with Gasteiger partial charge in [-0.25, -0.2) is 19.1 Å². The Labute approximate surface area is 283 Å². The van der Waals surface area contributed by atoms with Crippen LogP contribution in [0.4, 0.5) is 16.2 Å². The van der Waals surface area contributed by atoms with Crippen LogP contribution in [0.5, 0.6) is 11.6 Å². The number of carbonyl (C=O) groups excluding carboxylic acids is 2. The van der Waals surface area contributed by atoms with Crippen molar-refractivity contribution in [3.63, 3.8) is 0 Å². The van der Waals surface area contributed by atoms with E-state index in [2.05, 4.69) is 29.1 Å². The number of aromatic nitrogens is 3. The first kappa shape index (κ1) is 34.6. The van der Waals surface area contributed by atoms with Crippen molar-refractivity contribution in [2.45, 2.75) is 86.7 Å². The molecule has 0 aliphatic heterocycles. The molecule has 2 aromatic heterocycles. The minimum absolute atomic E-state index is 0.153. The maximum absolute atomic E-state index is 13.3. The Morgan fingerprint density at radius 1 is 1.10 bits per heavy atom. The van der Waals surface area contributed by atoms with Crippen LogP contribution in [-0.4, -0.2) is 50.7 Å². The van der Waals surface area contributed by atoms with Crippen LogP contribution in [0.3, 0.4) is 0 Å². The van der Waals surface area contributed by atoms with E-state index in [-0.39, 0.29) is 11.8 Å². The van der Waals surface area contributed by atoms with Crippen molar-refractivity contribution in [3.05, 3.63) is 70.6 Å². The zero-order chi connectivity index (χ0) is 34.5. The van der Waals surface area contributed by atoms with Gasteiger partial charge in [0.1, 0.15) is 11.4 Å². The molecule has 1 fully saturated rings. The van der Waals surface area contributed by atoms with Gasteiger partial charge in [0.05, 0.1) is 6.57 Å². The Morgan fingerprint density at radius 3 is 2.48 bits per heavy atom. The van der Waals surface area contributed by atoms with Gasteiger partial charge < -0.3 is 19.7 Å². The average Bonchev–Trinajstić information content (AvgIpc) is 3.61. The monoisotopic (exact) mass is 652 g/mol. The van der Waals surface area contributed by atoms with Crippen LogP contribution in [-0.2, 0) is 11.2 Å². The number of H-pyrrole nitrogens is 1. The largest absolute Gasteiger partial charge is 0.480 e. The lowest BCUT2D eigenvalue weighted by Crippen LogP contribution is -2.33. The average molecular weight is 653 g/mol. The first-order chi connectivity index (χ1) is 23.1. The molecule has 254 valence electrons. The third-order valence-electron chi connectivity index (χ3n) is 9.81. The molecule has 0 bridgehead atoms. The highest BCUT2D eigenvalue weighted by Crippen LogP contribution is 2.44. The normalized spacial score (nSPS) is 18.2. The Hall–Kier alpha value is -4.78. The fourth-order valence-electron chi connectivity index (χ4n) is 6.95. The summed E-state index contributed by atoms with van der Waals surface area (Å²) in [7, 11) is 0. The van der Waals surface area contributed by atoms with Crippen molar-refractivity contribution in [2.24, 2.45) is 17.8 Å². The minimum atomic E-state index is -0.667. The number of rotatable bonds is 11. The molecular weight excluding hydrogens is 604 g/mol. The van der Waals surface area contributed by atoms with Gasteiger partial charge in [-0.1, -0.05) is 69.9 Å². The minimum Gasteiger partial charge on any atom is -0.480 e. The van der Waals surface area contributed by atoms with Crippen LogP contribution < -0.4 is 14.8 Å². The van der Waals surface area contributed by atoms with Crippen LogP contribution in [0.2, 0.25) is 0 Å². The second-order valence-electron chi connectivity index (χ2n) is 13.1. The first-order valence-electron chi connectivity index (χ1n) is 17.2. The predicted octanol–water partition coefficient (Wildman–Crippen LogP) is 8.75. The Morgan fingerprint density at radius 2 is 1.83 bits per heavy atom. The highest BCUT2D eigenvalue weighted by Gasteiger charge is 2.33. The molecule has 3 unspecified atom stereocenters. The molecule has 0 radical (unpaired) electrons. The molecule has 10 nitrogen and oxygen atoms in total. The first-order valence-corrected chi connectivity index (χ1v) is 17.2. The smallest absolute Gasteiger partial charge is 0.415 e. The van der Waals surface area contributed by atoms with Crippen LogP contribution in [0.15, 0.2) is 42.5 Å². The maximum Gasteiger partial charge on any atom is 0.415 e. The molecular formula is C38H48N6O4. The summed E-state index contributed by atoms with van der Waals surface area (Å²) in [6.07, 6.45) is 3.52. The molecule has 0 saturated heterocycles. The number of nitrogens with zero attached hydrogens (tertiary/aromatic N) is 4. The molecule has 3 atom stereocenters. The molecule has 48 heavy (non-hydrogen) atoms. The number of amides is 2. The third kappa shape index (κ3) is 7.20. The fraction of sp³-hybridized carbons (Fsp3) is 0.474. The number of aryl methyl sites for hydroxylation is 2. The standard InChI is InChI=1S/C38H48N6O4/c1-9-31(47-32-19-18-23(4)20-26(32)7)36(45)40-28-17-13-16-27(21-28)34-41-35-30(22-29-24(5)14-12-15-25(29)6)33(39-8)37(44(35)42-34)48-38(46)43(10-2)11-3/h13,16-21,24-25,29,31H,9-12,14-15,22H2,1-7H3,(H,40,45)(H,41,42). The molecule has 1 aliphatic carbocycles. The zero-order valence-corrected chi connectivity index (χ0v) is 29.2. The maximum atomic E-state index is 13.3. The van der Waals surface area contributed by atoms with Gasteiger partial charge in [0.25, 0.3) is 11.6 Å². The van der Waals surface area contributed by atoms with Gasteiger partial charge in [0.2, 0.25) is 5.88 Å². The van der Waals surface area contributed by atoms with Crippen molar-refractivity contribution in [3.8, 4) is 23.0 Å². The van der Waals surface area contributed by atoms with E-state index in [4.69, 9.17) is 21.0 Å². The van der Waals surface area contributed by atoms with Gasteiger partial charge in [-0.3, -0.25) is 9.89 Å². The summed E-state index contributed by atoms with van der Waals surface area (Å²) in [6, 6.07) is 13.3. The molecule has 2 amide bonds. The molecule has 2 N–H and O–H groups in total. The van der Waals surface area contributed by atoms with Gasteiger partial charge in [0, 0.05) is 29.9 Å². The predicted molar refractivity (Wildman–Crippen MR) is 189 cm³/mol. The van der Waals surface area contributed by atoms with Gasteiger partial charge in [-0.05, 0) is 82.1 Å². The number of benzene rings is 2. The van der Waals surface area contributed by atoms with Crippen LogP contribution in [0.25, 0.3) is 21.9 Å². The highest BCUT2D eigenvalue weighted by atomic mass is 16.6. The van der Waals surface area contributed by atoms with Crippen molar-refractivity contribution in [2.75, 3.05) is 18.4 Å². The number of hydrogen-bond donors (Lipinski definition) is 2. The Bertz CT molecular complexity index is 1800. The second kappa shape index (κ2) is 15.0. The summed E-state index contributed by atoms with van der Waals surface area (Å²) in [6.45, 7) is 23.4. The Balaban J connectivity index is 1.48. The lowest BCUT2D eigenvalue weighted by atomic mass is 9.71. The van der Waals surface area contributed by atoms with Crippen molar-refractivity contribution >= 4 is 29.0 Å². The fourth-order valence-corrected chi connectivity index (χ4v) is 6.95. The van der Waals surface area contributed by atoms with Crippen molar-refractivity contribution in [1.82, 2.24) is 19.5 Å².